The summed E-state index contributed by atoms with van der Waals surface area (Å²) in [5.74, 6) is 2.40. The highest BCUT2D eigenvalue weighted by atomic mass is 32.2. The number of aryl methyl sites for hydroxylation is 2. The Morgan fingerprint density at radius 1 is 1.58 bits per heavy atom. The average Bonchev–Trinajstić information content (AvgIpc) is 2.50. The summed E-state index contributed by atoms with van der Waals surface area (Å²) in [7, 11) is 0. The van der Waals surface area contributed by atoms with E-state index in [1.54, 1.807) is 0 Å². The van der Waals surface area contributed by atoms with Crippen LogP contribution in [-0.2, 0) is 13.0 Å². The fourth-order valence-corrected chi connectivity index (χ4v) is 1.56. The van der Waals surface area contributed by atoms with Crippen LogP contribution in [0.25, 0.3) is 0 Å². The molecule has 0 radical (unpaired) electrons. The number of thioether (sulfide) groups is 1. The van der Waals surface area contributed by atoms with Crippen LogP contribution in [0.15, 0.2) is 12.4 Å². The fourth-order valence-electron chi connectivity index (χ4n) is 1.19. The molecule has 1 rings (SSSR count). The van der Waals surface area contributed by atoms with Crippen molar-refractivity contribution in [2.45, 2.75) is 26.3 Å². The number of rotatable bonds is 5. The van der Waals surface area contributed by atoms with Crippen molar-refractivity contribution in [3.8, 4) is 0 Å². The van der Waals surface area contributed by atoms with Gasteiger partial charge in [-0.15, -0.1) is 0 Å². The molecule has 0 N–H and O–H groups in total. The van der Waals surface area contributed by atoms with Gasteiger partial charge < -0.3 is 4.57 Å². The highest BCUT2D eigenvalue weighted by Crippen LogP contribution is 2.03. The Labute approximate surface area is 78.4 Å². The summed E-state index contributed by atoms with van der Waals surface area (Å²) < 4.78 is 2.25. The van der Waals surface area contributed by atoms with Gasteiger partial charge in [0, 0.05) is 31.1 Å². The third kappa shape index (κ3) is 2.55. The molecule has 3 heteroatoms. The first-order chi connectivity index (χ1) is 5.88. The molecule has 2 nitrogen and oxygen atoms in total. The van der Waals surface area contributed by atoms with E-state index in [1.165, 1.54) is 18.0 Å². The standard InChI is InChI=1S/C9H16N2S/c1-3-4-9-10-5-6-11(9)7-8-12-2/h5-6H,3-4,7-8H2,1-2H3. The number of imidazole rings is 1. The Morgan fingerprint density at radius 3 is 3.08 bits per heavy atom. The van der Waals surface area contributed by atoms with Gasteiger partial charge in [-0.1, -0.05) is 6.92 Å². The van der Waals surface area contributed by atoms with Gasteiger partial charge in [0.25, 0.3) is 0 Å². The minimum atomic E-state index is 1.09. The Bertz CT molecular complexity index is 220. The molecule has 0 amide bonds. The third-order valence-corrected chi connectivity index (χ3v) is 2.40. The van der Waals surface area contributed by atoms with Gasteiger partial charge in [0.2, 0.25) is 0 Å². The molecule has 0 unspecified atom stereocenters. The number of hydrogen-bond acceptors (Lipinski definition) is 2. The van der Waals surface area contributed by atoms with E-state index < -0.39 is 0 Å². The zero-order valence-electron chi connectivity index (χ0n) is 7.79. The van der Waals surface area contributed by atoms with Gasteiger partial charge in [-0.3, -0.25) is 0 Å². The maximum absolute atomic E-state index is 4.31. The van der Waals surface area contributed by atoms with Crippen LogP contribution in [0.4, 0.5) is 0 Å². The lowest BCUT2D eigenvalue weighted by Gasteiger charge is -2.04. The summed E-state index contributed by atoms with van der Waals surface area (Å²) >= 11 is 1.88. The smallest absolute Gasteiger partial charge is 0.108 e. The van der Waals surface area contributed by atoms with Crippen LogP contribution >= 0.6 is 11.8 Å². The van der Waals surface area contributed by atoms with E-state index in [4.69, 9.17) is 0 Å². The summed E-state index contributed by atoms with van der Waals surface area (Å²) in [5.41, 5.74) is 0. The van der Waals surface area contributed by atoms with Crippen LogP contribution < -0.4 is 0 Å². The number of nitrogens with zero attached hydrogens (tertiary/aromatic N) is 2. The zero-order chi connectivity index (χ0) is 8.81. The van der Waals surface area contributed by atoms with Crippen molar-refractivity contribution >= 4 is 11.8 Å². The summed E-state index contributed by atoms with van der Waals surface area (Å²) in [6.45, 7) is 3.28. The average molecular weight is 184 g/mol. The van der Waals surface area contributed by atoms with E-state index in [9.17, 15) is 0 Å². The molecule has 0 aliphatic heterocycles. The van der Waals surface area contributed by atoms with E-state index in [0.29, 0.717) is 0 Å². The second-order valence-corrected chi connectivity index (χ2v) is 3.77. The molecule has 12 heavy (non-hydrogen) atoms. The van der Waals surface area contributed by atoms with Gasteiger partial charge in [0.1, 0.15) is 5.82 Å². The van der Waals surface area contributed by atoms with Gasteiger partial charge in [-0.05, 0) is 12.7 Å². The molecule has 1 aromatic rings. The number of hydrogen-bond donors (Lipinski definition) is 0. The van der Waals surface area contributed by atoms with Crippen molar-refractivity contribution in [2.24, 2.45) is 0 Å². The molecule has 0 aliphatic rings. The molecule has 0 bridgehead atoms. The molecule has 0 saturated carbocycles. The second kappa shape index (κ2) is 5.25. The van der Waals surface area contributed by atoms with Gasteiger partial charge in [-0.2, -0.15) is 11.8 Å². The maximum atomic E-state index is 4.31. The SMILES string of the molecule is CCCc1nccn1CCSC. The first-order valence-electron chi connectivity index (χ1n) is 4.37. The van der Waals surface area contributed by atoms with E-state index in [0.717, 1.165) is 13.0 Å². The highest BCUT2D eigenvalue weighted by molar-refractivity contribution is 7.98. The molecule has 0 atom stereocenters. The molecule has 0 spiro atoms. The minimum Gasteiger partial charge on any atom is -0.334 e. The maximum Gasteiger partial charge on any atom is 0.108 e. The van der Waals surface area contributed by atoms with Crippen LogP contribution in [0.2, 0.25) is 0 Å². The van der Waals surface area contributed by atoms with Crippen LogP contribution in [0.3, 0.4) is 0 Å². The van der Waals surface area contributed by atoms with Crippen LogP contribution in [0, 0.1) is 0 Å². The third-order valence-electron chi connectivity index (χ3n) is 1.81. The predicted octanol–water partition coefficient (Wildman–Crippen LogP) is 2.20. The van der Waals surface area contributed by atoms with Crippen molar-refractivity contribution in [3.63, 3.8) is 0 Å². The first kappa shape index (κ1) is 9.65. The van der Waals surface area contributed by atoms with E-state index in [2.05, 4.69) is 28.9 Å². The summed E-state index contributed by atoms with van der Waals surface area (Å²) in [6.07, 6.45) is 8.38. The molecular weight excluding hydrogens is 168 g/mol. The van der Waals surface area contributed by atoms with Gasteiger partial charge >= 0.3 is 0 Å². The monoisotopic (exact) mass is 184 g/mol. The zero-order valence-corrected chi connectivity index (χ0v) is 8.60. The van der Waals surface area contributed by atoms with E-state index in [1.807, 2.05) is 18.0 Å². The predicted molar refractivity (Wildman–Crippen MR) is 54.6 cm³/mol. The lowest BCUT2D eigenvalue weighted by molar-refractivity contribution is 0.689. The Hall–Kier alpha value is -0.440. The molecule has 68 valence electrons. The second-order valence-electron chi connectivity index (χ2n) is 2.78. The topological polar surface area (TPSA) is 17.8 Å². The van der Waals surface area contributed by atoms with Crippen LogP contribution in [0.1, 0.15) is 19.2 Å². The Kier molecular flexibility index (Phi) is 4.22. The lowest BCUT2D eigenvalue weighted by Crippen LogP contribution is -2.04. The van der Waals surface area contributed by atoms with E-state index >= 15 is 0 Å². The summed E-state index contributed by atoms with van der Waals surface area (Å²) in [4.78, 5) is 4.31. The molecule has 0 fully saturated rings. The molecule has 0 saturated heterocycles. The molecule has 0 aliphatic carbocycles. The normalized spacial score (nSPS) is 10.5. The minimum absolute atomic E-state index is 1.09. The van der Waals surface area contributed by atoms with Crippen molar-refractivity contribution in [1.29, 1.82) is 0 Å². The van der Waals surface area contributed by atoms with Crippen molar-refractivity contribution in [2.75, 3.05) is 12.0 Å². The Morgan fingerprint density at radius 2 is 2.42 bits per heavy atom. The quantitative estimate of drug-likeness (QED) is 0.698. The lowest BCUT2D eigenvalue weighted by atomic mass is 10.3. The first-order valence-corrected chi connectivity index (χ1v) is 5.76. The Balaban J connectivity index is 2.51. The van der Waals surface area contributed by atoms with Gasteiger partial charge in [-0.25, -0.2) is 4.98 Å². The fraction of sp³-hybridized carbons (Fsp3) is 0.667. The van der Waals surface area contributed by atoms with E-state index in [-0.39, 0.29) is 0 Å². The van der Waals surface area contributed by atoms with Gasteiger partial charge in [0.05, 0.1) is 0 Å². The van der Waals surface area contributed by atoms with Gasteiger partial charge in [0.15, 0.2) is 0 Å². The number of aromatic nitrogens is 2. The largest absolute Gasteiger partial charge is 0.334 e. The van der Waals surface area contributed by atoms with Crippen molar-refractivity contribution in [1.82, 2.24) is 9.55 Å². The summed E-state index contributed by atoms with van der Waals surface area (Å²) in [6, 6.07) is 0. The van der Waals surface area contributed by atoms with Crippen molar-refractivity contribution in [3.05, 3.63) is 18.2 Å². The van der Waals surface area contributed by atoms with Crippen LogP contribution in [-0.4, -0.2) is 21.6 Å². The highest BCUT2D eigenvalue weighted by Gasteiger charge is 1.99. The molecular formula is C9H16N2S. The van der Waals surface area contributed by atoms with Crippen LogP contribution in [0.5, 0.6) is 0 Å². The van der Waals surface area contributed by atoms with Crippen molar-refractivity contribution < 1.29 is 0 Å². The molecule has 1 heterocycles. The summed E-state index contributed by atoms with van der Waals surface area (Å²) in [5, 5.41) is 0. The molecule has 0 aromatic carbocycles. The molecule has 1 aromatic heterocycles.